The van der Waals surface area contributed by atoms with Crippen LogP contribution in [-0.4, -0.2) is 28.8 Å². The van der Waals surface area contributed by atoms with Gasteiger partial charge in [-0.15, -0.1) is 0 Å². The highest BCUT2D eigenvalue weighted by Crippen LogP contribution is 2.46. The van der Waals surface area contributed by atoms with Gasteiger partial charge in [-0.2, -0.15) is 5.10 Å². The maximum Gasteiger partial charge on any atom is 0.250 e. The highest BCUT2D eigenvalue weighted by molar-refractivity contribution is 6.04. The van der Waals surface area contributed by atoms with Crippen LogP contribution in [0.2, 0.25) is 0 Å². The molecule has 2 aromatic carbocycles. The number of primary amides is 1. The number of rotatable bonds is 4. The molecule has 5 heteroatoms. The molecular weight excluding hydrogens is 360 g/mol. The van der Waals surface area contributed by atoms with E-state index in [9.17, 15) is 4.79 Å². The van der Waals surface area contributed by atoms with Crippen LogP contribution >= 0.6 is 0 Å². The Bertz CT molecular complexity index is 1020. The second kappa shape index (κ2) is 7.30. The fourth-order valence-corrected chi connectivity index (χ4v) is 5.56. The molecule has 1 aliphatic carbocycles. The van der Waals surface area contributed by atoms with Crippen LogP contribution in [0.4, 0.5) is 0 Å². The number of carbonyl (C=O) groups excluding carboxylic acids is 1. The van der Waals surface area contributed by atoms with Crippen molar-refractivity contribution in [2.75, 3.05) is 13.1 Å². The summed E-state index contributed by atoms with van der Waals surface area (Å²) in [7, 11) is 0. The molecule has 150 valence electrons. The molecule has 0 unspecified atom stereocenters. The number of piperidine rings is 1. The molecule has 0 radical (unpaired) electrons. The lowest BCUT2D eigenvalue weighted by atomic mass is 9.65. The Kier molecular flexibility index (Phi) is 4.63. The Hall–Kier alpha value is -2.66. The number of hydrogen-bond donors (Lipinski definition) is 2. The van der Waals surface area contributed by atoms with Gasteiger partial charge in [0.1, 0.15) is 5.52 Å². The predicted octanol–water partition coefficient (Wildman–Crippen LogP) is 3.94. The molecule has 0 spiro atoms. The van der Waals surface area contributed by atoms with Crippen molar-refractivity contribution in [3.05, 3.63) is 59.8 Å². The van der Waals surface area contributed by atoms with Gasteiger partial charge in [-0.3, -0.25) is 4.79 Å². The summed E-state index contributed by atoms with van der Waals surface area (Å²) < 4.78 is 1.85. The van der Waals surface area contributed by atoms with Crippen LogP contribution in [0.5, 0.6) is 0 Å². The molecule has 1 saturated carbocycles. The van der Waals surface area contributed by atoms with Crippen molar-refractivity contribution in [3.63, 3.8) is 0 Å². The average molecular weight is 389 g/mol. The zero-order chi connectivity index (χ0) is 19.8. The summed E-state index contributed by atoms with van der Waals surface area (Å²) in [6.45, 7) is 2.22. The molecule has 29 heavy (non-hydrogen) atoms. The number of carbonyl (C=O) groups is 1. The minimum Gasteiger partial charge on any atom is -0.366 e. The minimum absolute atomic E-state index is 0.265. The normalized spacial score (nSPS) is 22.9. The van der Waals surface area contributed by atoms with Gasteiger partial charge in [-0.1, -0.05) is 37.1 Å². The van der Waals surface area contributed by atoms with Gasteiger partial charge in [-0.25, -0.2) is 4.68 Å². The minimum atomic E-state index is -0.445. The average Bonchev–Trinajstić information content (AvgIpc) is 3.44. The lowest BCUT2D eigenvalue weighted by Crippen LogP contribution is -2.47. The number of fused-ring (bicyclic) bond motifs is 1. The SMILES string of the molecule is NC(=O)c1cccc2cn(-c3ccc([C@@]4(C5CCCC5)CCCNC4)cc3)nc12. The van der Waals surface area contributed by atoms with Gasteiger partial charge in [0.2, 0.25) is 0 Å². The summed E-state index contributed by atoms with van der Waals surface area (Å²) >= 11 is 0. The van der Waals surface area contributed by atoms with Crippen LogP contribution in [0.3, 0.4) is 0 Å². The molecule has 1 aliphatic heterocycles. The van der Waals surface area contributed by atoms with Crippen molar-refractivity contribution in [2.24, 2.45) is 11.7 Å². The molecule has 2 heterocycles. The van der Waals surface area contributed by atoms with Gasteiger partial charge < -0.3 is 11.1 Å². The maximum atomic E-state index is 11.7. The summed E-state index contributed by atoms with van der Waals surface area (Å²) in [6.07, 6.45) is 9.93. The molecule has 3 aromatic rings. The van der Waals surface area contributed by atoms with E-state index in [1.54, 1.807) is 6.07 Å². The van der Waals surface area contributed by atoms with E-state index in [0.717, 1.165) is 30.1 Å². The third-order valence-electron chi connectivity index (χ3n) is 7.06. The topological polar surface area (TPSA) is 72.9 Å². The molecule has 5 nitrogen and oxygen atoms in total. The number of nitrogens with one attached hydrogen (secondary N) is 1. The van der Waals surface area contributed by atoms with E-state index < -0.39 is 5.91 Å². The molecule has 1 amide bonds. The predicted molar refractivity (Wildman–Crippen MR) is 115 cm³/mol. The third-order valence-corrected chi connectivity index (χ3v) is 7.06. The van der Waals surface area contributed by atoms with Crippen LogP contribution in [0.1, 0.15) is 54.4 Å². The van der Waals surface area contributed by atoms with Gasteiger partial charge in [0.05, 0.1) is 11.3 Å². The molecule has 1 atom stereocenters. The maximum absolute atomic E-state index is 11.7. The Balaban J connectivity index is 1.50. The number of nitrogens with zero attached hydrogens (tertiary/aromatic N) is 2. The van der Waals surface area contributed by atoms with Crippen molar-refractivity contribution < 1.29 is 4.79 Å². The highest BCUT2D eigenvalue weighted by Gasteiger charge is 2.42. The Morgan fingerprint density at radius 2 is 1.90 bits per heavy atom. The molecule has 1 aromatic heterocycles. The largest absolute Gasteiger partial charge is 0.366 e. The van der Waals surface area contributed by atoms with Gasteiger partial charge in [-0.05, 0) is 61.9 Å². The van der Waals surface area contributed by atoms with Crippen LogP contribution in [0.25, 0.3) is 16.6 Å². The van der Waals surface area contributed by atoms with E-state index in [4.69, 9.17) is 5.73 Å². The van der Waals surface area contributed by atoms with Crippen molar-refractivity contribution in [3.8, 4) is 5.69 Å². The fraction of sp³-hybridized carbons (Fsp3) is 0.417. The van der Waals surface area contributed by atoms with E-state index in [1.165, 1.54) is 44.1 Å². The highest BCUT2D eigenvalue weighted by atomic mass is 16.1. The van der Waals surface area contributed by atoms with Crippen LogP contribution in [0.15, 0.2) is 48.7 Å². The number of aromatic nitrogens is 2. The monoisotopic (exact) mass is 388 g/mol. The molecule has 2 fully saturated rings. The van der Waals surface area contributed by atoms with Crippen molar-refractivity contribution in [2.45, 2.75) is 43.9 Å². The fourth-order valence-electron chi connectivity index (χ4n) is 5.56. The van der Waals surface area contributed by atoms with Crippen LogP contribution < -0.4 is 11.1 Å². The quantitative estimate of drug-likeness (QED) is 0.711. The first-order valence-corrected chi connectivity index (χ1v) is 10.8. The summed E-state index contributed by atoms with van der Waals surface area (Å²) in [5.74, 6) is 0.339. The summed E-state index contributed by atoms with van der Waals surface area (Å²) in [6, 6.07) is 14.4. The van der Waals surface area contributed by atoms with Gasteiger partial charge in [0, 0.05) is 23.5 Å². The second-order valence-corrected chi connectivity index (χ2v) is 8.65. The first kappa shape index (κ1) is 18.4. The van der Waals surface area contributed by atoms with Gasteiger partial charge in [0.25, 0.3) is 5.91 Å². The van der Waals surface area contributed by atoms with E-state index in [0.29, 0.717) is 11.1 Å². The molecule has 1 saturated heterocycles. The van der Waals surface area contributed by atoms with E-state index in [2.05, 4.69) is 34.7 Å². The lowest BCUT2D eigenvalue weighted by molar-refractivity contribution is 0.100. The molecule has 5 rings (SSSR count). The number of hydrogen-bond acceptors (Lipinski definition) is 3. The number of nitrogens with two attached hydrogens (primary N) is 1. The van der Waals surface area contributed by atoms with Crippen molar-refractivity contribution in [1.82, 2.24) is 15.1 Å². The first-order valence-electron chi connectivity index (χ1n) is 10.8. The lowest BCUT2D eigenvalue weighted by Gasteiger charge is -2.43. The third kappa shape index (κ3) is 3.14. The zero-order valence-corrected chi connectivity index (χ0v) is 16.7. The van der Waals surface area contributed by atoms with Crippen LogP contribution in [0, 0.1) is 5.92 Å². The molecule has 2 aliphatic rings. The Morgan fingerprint density at radius 3 is 2.59 bits per heavy atom. The van der Waals surface area contributed by atoms with Gasteiger partial charge >= 0.3 is 0 Å². The molecular formula is C24H28N4O. The van der Waals surface area contributed by atoms with Crippen molar-refractivity contribution in [1.29, 1.82) is 0 Å². The van der Waals surface area contributed by atoms with E-state index in [-0.39, 0.29) is 5.41 Å². The van der Waals surface area contributed by atoms with E-state index >= 15 is 0 Å². The number of benzene rings is 2. The molecule has 3 N–H and O–H groups in total. The number of amides is 1. The van der Waals surface area contributed by atoms with Crippen molar-refractivity contribution >= 4 is 16.8 Å². The van der Waals surface area contributed by atoms with Crippen LogP contribution in [-0.2, 0) is 5.41 Å². The molecule has 0 bridgehead atoms. The standard InChI is InChI=1S/C24H28N4O/c25-23(29)21-8-3-5-17-15-28(27-22(17)21)20-11-9-19(10-12-20)24(13-4-14-26-16-24)18-6-1-2-7-18/h3,5,8-12,15,18,26H,1-2,4,6-7,13-14,16H2,(H2,25,29)/t24-/m0/s1. The first-order chi connectivity index (χ1) is 14.2. The smallest absolute Gasteiger partial charge is 0.250 e. The van der Waals surface area contributed by atoms with E-state index in [1.807, 2.05) is 23.0 Å². The second-order valence-electron chi connectivity index (χ2n) is 8.65. The summed E-state index contributed by atoms with van der Waals surface area (Å²) in [5, 5.41) is 9.24. The zero-order valence-electron chi connectivity index (χ0n) is 16.7. The Labute approximate surface area is 171 Å². The summed E-state index contributed by atoms with van der Waals surface area (Å²) in [5.41, 5.74) is 9.35. The summed E-state index contributed by atoms with van der Waals surface area (Å²) in [4.78, 5) is 11.7. The Morgan fingerprint density at radius 1 is 1.10 bits per heavy atom. The van der Waals surface area contributed by atoms with Gasteiger partial charge in [0.15, 0.2) is 0 Å².